The Balaban J connectivity index is 1.74. The van der Waals surface area contributed by atoms with Gasteiger partial charge in [-0.3, -0.25) is 13.9 Å². The molecule has 3 aromatic carbocycles. The zero-order valence-corrected chi connectivity index (χ0v) is 25.7. The second kappa shape index (κ2) is 13.2. The summed E-state index contributed by atoms with van der Waals surface area (Å²) in [6.07, 6.45) is 3.10. The van der Waals surface area contributed by atoms with Crippen LogP contribution in [0.2, 0.25) is 0 Å². The molecule has 2 amide bonds. The number of carbonyl (C=O) groups excluding carboxylic acids is 2. The molecule has 3 aromatic rings. The number of anilines is 3. The van der Waals surface area contributed by atoms with Gasteiger partial charge in [0.1, 0.15) is 0 Å². The van der Waals surface area contributed by atoms with Crippen molar-refractivity contribution < 1.29 is 18.0 Å². The Bertz CT molecular complexity index is 1570. The van der Waals surface area contributed by atoms with E-state index < -0.39 is 10.0 Å². The van der Waals surface area contributed by atoms with Gasteiger partial charge in [-0.25, -0.2) is 8.42 Å². The minimum absolute atomic E-state index is 0.0977. The first-order chi connectivity index (χ1) is 20.0. The van der Waals surface area contributed by atoms with Gasteiger partial charge in [0.25, 0.3) is 11.8 Å². The number of nitrogens with one attached hydrogen (secondary N) is 2. The summed E-state index contributed by atoms with van der Waals surface area (Å²) in [5.74, 6) is -0.372. The fourth-order valence-electron chi connectivity index (χ4n) is 4.78. The van der Waals surface area contributed by atoms with Gasteiger partial charge in [-0.15, -0.1) is 0 Å². The number of hydrogen-bond acceptors (Lipinski definition) is 6. The predicted molar refractivity (Wildman–Crippen MR) is 171 cm³/mol. The van der Waals surface area contributed by atoms with Crippen LogP contribution in [0.15, 0.2) is 72.8 Å². The molecule has 42 heavy (non-hydrogen) atoms. The van der Waals surface area contributed by atoms with Gasteiger partial charge in [-0.2, -0.15) is 0 Å². The smallest absolute Gasteiger partial charge is 0.258 e. The van der Waals surface area contributed by atoms with Crippen molar-refractivity contribution in [3.63, 3.8) is 0 Å². The molecule has 0 atom stereocenters. The Morgan fingerprint density at radius 1 is 0.881 bits per heavy atom. The summed E-state index contributed by atoms with van der Waals surface area (Å²) < 4.78 is 26.4. The van der Waals surface area contributed by atoms with Gasteiger partial charge in [0.05, 0.1) is 23.2 Å². The molecule has 0 unspecified atom stereocenters. The van der Waals surface area contributed by atoms with Gasteiger partial charge >= 0.3 is 0 Å². The van der Waals surface area contributed by atoms with Gasteiger partial charge in [0, 0.05) is 49.2 Å². The van der Waals surface area contributed by atoms with Crippen LogP contribution in [0.3, 0.4) is 0 Å². The summed E-state index contributed by atoms with van der Waals surface area (Å²) in [6, 6.07) is 21.9. The topological polar surface area (TPSA) is 102 Å². The largest absolute Gasteiger partial charge is 0.354 e. The van der Waals surface area contributed by atoms with Crippen LogP contribution >= 0.6 is 0 Å². The van der Waals surface area contributed by atoms with E-state index in [2.05, 4.69) is 17.6 Å². The maximum Gasteiger partial charge on any atom is 0.258 e. The average Bonchev–Trinajstić information content (AvgIpc) is 3.29. The number of amides is 2. The number of unbranched alkanes of at least 4 members (excludes halogenated alkanes) is 1. The number of nitrogens with zero attached hydrogens (tertiary/aromatic N) is 3. The monoisotopic (exact) mass is 589 g/mol. The number of sulfonamides is 1. The number of hydrogen-bond donors (Lipinski definition) is 2. The Kier molecular flexibility index (Phi) is 9.70. The zero-order chi connectivity index (χ0) is 30.4. The van der Waals surface area contributed by atoms with Crippen molar-refractivity contribution >= 4 is 50.2 Å². The maximum atomic E-state index is 13.4. The molecule has 0 saturated carbocycles. The van der Waals surface area contributed by atoms with Crippen LogP contribution < -0.4 is 14.9 Å². The van der Waals surface area contributed by atoms with E-state index in [0.717, 1.165) is 18.4 Å². The second-order valence-electron chi connectivity index (χ2n) is 10.7. The minimum atomic E-state index is -3.48. The normalized spacial score (nSPS) is 13.9. The van der Waals surface area contributed by atoms with E-state index >= 15 is 0 Å². The number of benzene rings is 3. The summed E-state index contributed by atoms with van der Waals surface area (Å²) in [5, 5.41) is 6.35. The van der Waals surface area contributed by atoms with Gasteiger partial charge < -0.3 is 20.4 Å². The lowest BCUT2D eigenvalue weighted by molar-refractivity contribution is -0.110. The van der Waals surface area contributed by atoms with Crippen molar-refractivity contribution in [2.75, 3.05) is 62.0 Å². The Morgan fingerprint density at radius 2 is 1.57 bits per heavy atom. The molecule has 2 N–H and O–H groups in total. The lowest BCUT2D eigenvalue weighted by Gasteiger charge is -2.24. The first kappa shape index (κ1) is 30.8. The van der Waals surface area contributed by atoms with E-state index in [0.29, 0.717) is 59.1 Å². The van der Waals surface area contributed by atoms with E-state index in [1.807, 2.05) is 49.3 Å². The summed E-state index contributed by atoms with van der Waals surface area (Å²) in [5.41, 5.74) is 4.82. The molecule has 0 radical (unpaired) electrons. The van der Waals surface area contributed by atoms with Crippen molar-refractivity contribution in [3.8, 4) is 0 Å². The van der Waals surface area contributed by atoms with Crippen LogP contribution in [-0.4, -0.2) is 77.1 Å². The lowest BCUT2D eigenvalue weighted by atomic mass is 9.98. The Hall–Kier alpha value is -4.15. The molecule has 0 aromatic heterocycles. The number of rotatable bonds is 12. The Labute approximate surface area is 248 Å². The molecule has 1 aliphatic heterocycles. The van der Waals surface area contributed by atoms with Crippen molar-refractivity contribution in [3.05, 3.63) is 89.5 Å². The SMILES string of the molecule is CCCCN(C)C(=O)c1ccc2c(c1)/C(=C(/Nc1ccc(N(CCN(C)C)S(C)(=O)=O)cc1)c1ccccc1)C(=O)N2. The number of fused-ring (bicyclic) bond motifs is 1. The van der Waals surface area contributed by atoms with Crippen LogP contribution in [0.4, 0.5) is 17.1 Å². The molecule has 222 valence electrons. The van der Waals surface area contributed by atoms with E-state index in [1.54, 1.807) is 54.4 Å². The molecule has 0 bridgehead atoms. The lowest BCUT2D eigenvalue weighted by Crippen LogP contribution is -2.35. The molecule has 0 saturated heterocycles. The van der Waals surface area contributed by atoms with E-state index in [1.165, 1.54) is 10.6 Å². The predicted octanol–water partition coefficient (Wildman–Crippen LogP) is 4.82. The van der Waals surface area contributed by atoms with E-state index in [4.69, 9.17) is 0 Å². The third-order valence-corrected chi connectivity index (χ3v) is 8.29. The fourth-order valence-corrected chi connectivity index (χ4v) is 5.70. The molecule has 1 aliphatic rings. The van der Waals surface area contributed by atoms with Crippen LogP contribution in [0.5, 0.6) is 0 Å². The third-order valence-electron chi connectivity index (χ3n) is 7.09. The van der Waals surface area contributed by atoms with E-state index in [-0.39, 0.29) is 11.8 Å². The summed E-state index contributed by atoms with van der Waals surface area (Å²) >= 11 is 0. The fraction of sp³-hybridized carbons (Fsp3) is 0.312. The third kappa shape index (κ3) is 7.18. The minimum Gasteiger partial charge on any atom is -0.354 e. The summed E-state index contributed by atoms with van der Waals surface area (Å²) in [6.45, 7) is 3.64. The molecule has 10 heteroatoms. The second-order valence-corrected chi connectivity index (χ2v) is 12.6. The summed E-state index contributed by atoms with van der Waals surface area (Å²) in [4.78, 5) is 30.2. The van der Waals surface area contributed by atoms with Crippen molar-refractivity contribution in [1.82, 2.24) is 9.80 Å². The van der Waals surface area contributed by atoms with Crippen LogP contribution in [0, 0.1) is 0 Å². The molecule has 0 fully saturated rings. The molecule has 1 heterocycles. The molecule has 0 spiro atoms. The first-order valence-corrected chi connectivity index (χ1v) is 15.8. The van der Waals surface area contributed by atoms with Crippen LogP contribution in [-0.2, 0) is 14.8 Å². The molecule has 9 nitrogen and oxygen atoms in total. The maximum absolute atomic E-state index is 13.4. The van der Waals surface area contributed by atoms with Crippen molar-refractivity contribution in [2.45, 2.75) is 19.8 Å². The number of carbonyl (C=O) groups is 2. The quantitative estimate of drug-likeness (QED) is 0.294. The van der Waals surface area contributed by atoms with Crippen LogP contribution in [0.25, 0.3) is 11.3 Å². The standard InChI is InChI=1S/C32H39N5O4S/c1-6-7-19-36(4)32(39)24-13-18-28-27(22-24)29(31(38)34-28)30(23-11-9-8-10-12-23)33-25-14-16-26(17-15-25)37(42(5,40)41)21-20-35(2)3/h8-18,22,33H,6-7,19-21H2,1-5H3,(H,34,38)/b30-29-. The molecule has 4 rings (SSSR count). The molecule has 0 aliphatic carbocycles. The highest BCUT2D eigenvalue weighted by Gasteiger charge is 2.30. The first-order valence-electron chi connectivity index (χ1n) is 14.0. The zero-order valence-electron chi connectivity index (χ0n) is 24.8. The average molecular weight is 590 g/mol. The van der Waals surface area contributed by atoms with Gasteiger partial charge in [-0.1, -0.05) is 43.7 Å². The van der Waals surface area contributed by atoms with Crippen molar-refractivity contribution in [1.29, 1.82) is 0 Å². The van der Waals surface area contributed by atoms with Gasteiger partial charge in [-0.05, 0) is 68.5 Å². The molecular weight excluding hydrogens is 550 g/mol. The van der Waals surface area contributed by atoms with Crippen LogP contribution in [0.1, 0.15) is 41.3 Å². The van der Waals surface area contributed by atoms with Gasteiger partial charge in [0.2, 0.25) is 10.0 Å². The summed E-state index contributed by atoms with van der Waals surface area (Å²) in [7, 11) is 2.10. The molecular formula is C32H39N5O4S. The number of likely N-dealkylation sites (N-methyl/N-ethyl adjacent to an activating group) is 1. The van der Waals surface area contributed by atoms with Gasteiger partial charge in [0.15, 0.2) is 0 Å². The highest BCUT2D eigenvalue weighted by atomic mass is 32.2. The van der Waals surface area contributed by atoms with E-state index in [9.17, 15) is 18.0 Å². The Morgan fingerprint density at radius 3 is 2.19 bits per heavy atom. The highest BCUT2D eigenvalue weighted by Crippen LogP contribution is 2.38. The van der Waals surface area contributed by atoms with Crippen molar-refractivity contribution in [2.24, 2.45) is 0 Å². The highest BCUT2D eigenvalue weighted by molar-refractivity contribution is 7.92.